The molecule has 0 aliphatic heterocycles. The third kappa shape index (κ3) is 5.24. The van der Waals surface area contributed by atoms with Crippen molar-refractivity contribution in [2.24, 2.45) is 5.41 Å². The number of carbonyl (C=O) groups excluding carboxylic acids is 2. The highest BCUT2D eigenvalue weighted by Crippen LogP contribution is 2.27. The Balaban J connectivity index is 0.000000487. The van der Waals surface area contributed by atoms with Crippen LogP contribution >= 0.6 is 0 Å². The van der Waals surface area contributed by atoms with Crippen molar-refractivity contribution in [3.63, 3.8) is 0 Å². The molecule has 0 heterocycles. The largest absolute Gasteiger partial charge is 0.481 e. The van der Waals surface area contributed by atoms with Gasteiger partial charge in [-0.2, -0.15) is 0 Å². The van der Waals surface area contributed by atoms with Gasteiger partial charge in [0.05, 0.1) is 0 Å². The summed E-state index contributed by atoms with van der Waals surface area (Å²) in [5.74, 6) is -0.985. The first-order valence-electron chi connectivity index (χ1n) is 4.82. The Hall–Kier alpha value is -1.71. The number of hydrogen-bond donors (Lipinski definition) is 1. The molecule has 0 aromatic rings. The summed E-state index contributed by atoms with van der Waals surface area (Å²) in [5.41, 5.74) is 0.354. The molecule has 0 amide bonds. The molecule has 0 bridgehead atoms. The first-order valence-corrected chi connectivity index (χ1v) is 4.82. The maximum Gasteiger partial charge on any atom is 0.300 e. The first kappa shape index (κ1) is 14.3. The maximum atomic E-state index is 11.3. The summed E-state index contributed by atoms with van der Waals surface area (Å²) in [6.45, 7) is 6.84. The fraction of sp³-hybridized carbons (Fsp3) is 0.417. The van der Waals surface area contributed by atoms with E-state index in [0.717, 1.165) is 6.92 Å². The predicted molar refractivity (Wildman–Crippen MR) is 60.0 cm³/mol. The van der Waals surface area contributed by atoms with Gasteiger partial charge in [-0.25, -0.2) is 0 Å². The third-order valence-electron chi connectivity index (χ3n) is 1.76. The topological polar surface area (TPSA) is 71.4 Å². The normalized spacial score (nSPS) is 15.1. The highest BCUT2D eigenvalue weighted by atomic mass is 16.4. The molecule has 0 saturated carbocycles. The van der Waals surface area contributed by atoms with Gasteiger partial charge in [0, 0.05) is 12.5 Å². The van der Waals surface area contributed by atoms with Crippen molar-refractivity contribution in [2.75, 3.05) is 0 Å². The van der Waals surface area contributed by atoms with E-state index >= 15 is 0 Å². The van der Waals surface area contributed by atoms with Gasteiger partial charge in [0.25, 0.3) is 5.97 Å². The maximum absolute atomic E-state index is 11.3. The molecular formula is C12H16O4. The minimum Gasteiger partial charge on any atom is -0.481 e. The number of allylic oxidation sites excluding steroid dienone is 4. The van der Waals surface area contributed by atoms with Crippen molar-refractivity contribution in [2.45, 2.75) is 27.7 Å². The minimum atomic E-state index is -0.833. The SMILES string of the molecule is CC(=O)O.CC(C)(C)C1=CC(=O)C=CC1=O. The van der Waals surface area contributed by atoms with Crippen molar-refractivity contribution in [3.8, 4) is 0 Å². The van der Waals surface area contributed by atoms with Crippen LogP contribution in [0, 0.1) is 5.41 Å². The molecule has 0 saturated heterocycles. The number of carbonyl (C=O) groups is 3. The van der Waals surface area contributed by atoms with Crippen LogP contribution in [0.15, 0.2) is 23.8 Å². The molecule has 4 nitrogen and oxygen atoms in total. The van der Waals surface area contributed by atoms with Gasteiger partial charge in [0.15, 0.2) is 11.6 Å². The quantitative estimate of drug-likeness (QED) is 0.636. The van der Waals surface area contributed by atoms with E-state index in [1.54, 1.807) is 0 Å². The van der Waals surface area contributed by atoms with Crippen LogP contribution in [-0.4, -0.2) is 22.6 Å². The van der Waals surface area contributed by atoms with E-state index in [2.05, 4.69) is 0 Å². The van der Waals surface area contributed by atoms with Crippen LogP contribution in [0.1, 0.15) is 27.7 Å². The van der Waals surface area contributed by atoms with Gasteiger partial charge >= 0.3 is 0 Å². The fourth-order valence-electron chi connectivity index (χ4n) is 1.10. The van der Waals surface area contributed by atoms with Crippen LogP contribution in [0.4, 0.5) is 0 Å². The predicted octanol–water partition coefficient (Wildman–Crippen LogP) is 1.76. The second-order valence-electron chi connectivity index (χ2n) is 4.43. The summed E-state index contributed by atoms with van der Waals surface area (Å²) < 4.78 is 0. The number of carboxylic acids is 1. The lowest BCUT2D eigenvalue weighted by molar-refractivity contribution is -0.134. The highest BCUT2D eigenvalue weighted by molar-refractivity contribution is 6.17. The van der Waals surface area contributed by atoms with E-state index in [1.165, 1.54) is 18.2 Å². The molecule has 0 unspecified atom stereocenters. The second kappa shape index (κ2) is 5.39. The van der Waals surface area contributed by atoms with E-state index < -0.39 is 5.97 Å². The molecular weight excluding hydrogens is 208 g/mol. The molecule has 0 aromatic carbocycles. The van der Waals surface area contributed by atoms with Crippen molar-refractivity contribution in [3.05, 3.63) is 23.8 Å². The molecule has 1 N–H and O–H groups in total. The highest BCUT2D eigenvalue weighted by Gasteiger charge is 2.24. The lowest BCUT2D eigenvalue weighted by Gasteiger charge is -2.21. The second-order valence-corrected chi connectivity index (χ2v) is 4.43. The Kier molecular flexibility index (Phi) is 4.82. The molecule has 1 rings (SSSR count). The number of hydrogen-bond acceptors (Lipinski definition) is 3. The molecule has 1 aliphatic carbocycles. The van der Waals surface area contributed by atoms with Gasteiger partial charge in [-0.3, -0.25) is 14.4 Å². The fourth-order valence-corrected chi connectivity index (χ4v) is 1.10. The molecule has 88 valence electrons. The zero-order valence-electron chi connectivity index (χ0n) is 9.90. The Morgan fingerprint density at radius 1 is 1.19 bits per heavy atom. The van der Waals surface area contributed by atoms with Crippen LogP contribution < -0.4 is 0 Å². The number of carboxylic acid groups (broad SMARTS) is 1. The zero-order valence-corrected chi connectivity index (χ0v) is 9.90. The third-order valence-corrected chi connectivity index (χ3v) is 1.76. The monoisotopic (exact) mass is 224 g/mol. The lowest BCUT2D eigenvalue weighted by Crippen LogP contribution is -2.20. The lowest BCUT2D eigenvalue weighted by atomic mass is 9.81. The van der Waals surface area contributed by atoms with Crippen molar-refractivity contribution >= 4 is 17.5 Å². The summed E-state index contributed by atoms with van der Waals surface area (Å²) in [7, 11) is 0. The van der Waals surface area contributed by atoms with E-state index in [-0.39, 0.29) is 17.0 Å². The average molecular weight is 224 g/mol. The molecule has 16 heavy (non-hydrogen) atoms. The molecule has 0 radical (unpaired) electrons. The summed E-state index contributed by atoms with van der Waals surface area (Å²) >= 11 is 0. The summed E-state index contributed by atoms with van der Waals surface area (Å²) in [6.07, 6.45) is 4.06. The van der Waals surface area contributed by atoms with Gasteiger partial charge in [-0.15, -0.1) is 0 Å². The summed E-state index contributed by atoms with van der Waals surface area (Å²) in [6, 6.07) is 0. The van der Waals surface area contributed by atoms with Gasteiger partial charge < -0.3 is 5.11 Å². The van der Waals surface area contributed by atoms with Gasteiger partial charge in [0.2, 0.25) is 0 Å². The van der Waals surface area contributed by atoms with Crippen molar-refractivity contribution < 1.29 is 19.5 Å². The van der Waals surface area contributed by atoms with Crippen LogP contribution in [0.2, 0.25) is 0 Å². The standard InChI is InChI=1S/C10H12O2.C2H4O2/c1-10(2,3)8-6-7(11)4-5-9(8)12;1-2(3)4/h4-6H,1-3H3;1H3,(H,3,4). The van der Waals surface area contributed by atoms with Crippen molar-refractivity contribution in [1.82, 2.24) is 0 Å². The molecule has 1 aliphatic rings. The van der Waals surface area contributed by atoms with Crippen LogP contribution in [-0.2, 0) is 14.4 Å². The summed E-state index contributed by atoms with van der Waals surface area (Å²) in [4.78, 5) is 31.2. The van der Waals surface area contributed by atoms with E-state index in [4.69, 9.17) is 9.90 Å². The van der Waals surface area contributed by atoms with Crippen LogP contribution in [0.25, 0.3) is 0 Å². The van der Waals surface area contributed by atoms with Crippen molar-refractivity contribution in [1.29, 1.82) is 0 Å². The molecule has 0 atom stereocenters. The zero-order chi connectivity index (χ0) is 12.9. The minimum absolute atomic E-state index is 0.0536. The Morgan fingerprint density at radius 3 is 1.94 bits per heavy atom. The van der Waals surface area contributed by atoms with E-state index in [9.17, 15) is 9.59 Å². The first-order chi connectivity index (χ1) is 7.14. The average Bonchev–Trinajstić information content (AvgIpc) is 2.06. The van der Waals surface area contributed by atoms with Gasteiger partial charge in [0.1, 0.15) is 0 Å². The van der Waals surface area contributed by atoms with Gasteiger partial charge in [-0.05, 0) is 23.6 Å². The number of ketones is 2. The van der Waals surface area contributed by atoms with E-state index in [1.807, 2.05) is 20.8 Å². The van der Waals surface area contributed by atoms with E-state index in [0.29, 0.717) is 5.57 Å². The molecule has 0 aromatic heterocycles. The molecule has 0 spiro atoms. The molecule has 4 heteroatoms. The number of aliphatic carboxylic acids is 1. The summed E-state index contributed by atoms with van der Waals surface area (Å²) in [5, 5.41) is 7.42. The smallest absolute Gasteiger partial charge is 0.300 e. The molecule has 0 fully saturated rings. The Bertz CT molecular complexity index is 363. The van der Waals surface area contributed by atoms with Crippen LogP contribution in [0.3, 0.4) is 0 Å². The Labute approximate surface area is 94.7 Å². The van der Waals surface area contributed by atoms with Crippen LogP contribution in [0.5, 0.6) is 0 Å². The number of rotatable bonds is 0. The van der Waals surface area contributed by atoms with Gasteiger partial charge in [-0.1, -0.05) is 20.8 Å². The Morgan fingerprint density at radius 2 is 1.62 bits per heavy atom.